The number of carboxylic acid groups (broad SMARTS) is 1. The molecule has 0 bridgehead atoms. The highest BCUT2D eigenvalue weighted by Gasteiger charge is 2.33. The van der Waals surface area contributed by atoms with Gasteiger partial charge in [-0.15, -0.1) is 13.2 Å². The molecule has 18 heavy (non-hydrogen) atoms. The van der Waals surface area contributed by atoms with E-state index >= 15 is 0 Å². The van der Waals surface area contributed by atoms with Crippen LogP contribution in [0.15, 0.2) is 18.2 Å². The summed E-state index contributed by atoms with van der Waals surface area (Å²) in [6.07, 6.45) is -5.29. The van der Waals surface area contributed by atoms with Crippen molar-refractivity contribution in [3.8, 4) is 11.5 Å². The Hall–Kier alpha value is -1.92. The van der Waals surface area contributed by atoms with Gasteiger partial charge in [0.05, 0.1) is 13.0 Å². The van der Waals surface area contributed by atoms with Crippen molar-refractivity contribution < 1.29 is 32.5 Å². The summed E-state index contributed by atoms with van der Waals surface area (Å²) < 4.78 is 45.3. The van der Waals surface area contributed by atoms with Crippen LogP contribution in [0.4, 0.5) is 13.2 Å². The molecule has 0 aliphatic heterocycles. The zero-order valence-corrected chi connectivity index (χ0v) is 9.45. The van der Waals surface area contributed by atoms with E-state index in [-0.39, 0.29) is 17.9 Å². The van der Waals surface area contributed by atoms with Crippen LogP contribution in [-0.2, 0) is 11.2 Å². The minimum atomic E-state index is -4.85. The first-order valence-electron chi connectivity index (χ1n) is 5.05. The first-order chi connectivity index (χ1) is 8.33. The topological polar surface area (TPSA) is 55.8 Å². The first kappa shape index (κ1) is 14.1. The third-order valence-electron chi connectivity index (χ3n) is 1.92. The monoisotopic (exact) mass is 264 g/mol. The molecule has 0 saturated carbocycles. The van der Waals surface area contributed by atoms with Gasteiger partial charge in [-0.25, -0.2) is 0 Å². The van der Waals surface area contributed by atoms with Crippen LogP contribution in [0.2, 0.25) is 0 Å². The Bertz CT molecular complexity index is 429. The lowest BCUT2D eigenvalue weighted by Gasteiger charge is -2.15. The Morgan fingerprint density at radius 2 is 2.06 bits per heavy atom. The Morgan fingerprint density at radius 3 is 2.56 bits per heavy atom. The molecule has 0 radical (unpaired) electrons. The molecule has 100 valence electrons. The number of hydrogen-bond donors (Lipinski definition) is 1. The lowest BCUT2D eigenvalue weighted by atomic mass is 10.1. The van der Waals surface area contributed by atoms with Crippen molar-refractivity contribution in [1.82, 2.24) is 0 Å². The fourth-order valence-corrected chi connectivity index (χ4v) is 1.38. The highest BCUT2D eigenvalue weighted by atomic mass is 19.4. The summed E-state index contributed by atoms with van der Waals surface area (Å²) in [5.74, 6) is -1.90. The van der Waals surface area contributed by atoms with E-state index in [0.717, 1.165) is 6.07 Å². The van der Waals surface area contributed by atoms with E-state index in [1.54, 1.807) is 6.92 Å². The molecular weight excluding hydrogens is 253 g/mol. The SMILES string of the molecule is CCOc1c(CC(=O)O)cccc1OC(F)(F)F. The van der Waals surface area contributed by atoms with Gasteiger partial charge in [0.15, 0.2) is 11.5 Å². The van der Waals surface area contributed by atoms with E-state index in [1.807, 2.05) is 0 Å². The number of rotatable bonds is 5. The minimum absolute atomic E-state index is 0.102. The van der Waals surface area contributed by atoms with Crippen LogP contribution in [0.1, 0.15) is 12.5 Å². The molecule has 1 aromatic carbocycles. The quantitative estimate of drug-likeness (QED) is 0.888. The Labute approximate surface area is 101 Å². The van der Waals surface area contributed by atoms with Crippen molar-refractivity contribution >= 4 is 5.97 Å². The molecule has 0 spiro atoms. The molecule has 0 fully saturated rings. The van der Waals surface area contributed by atoms with Gasteiger partial charge in [-0.05, 0) is 13.0 Å². The number of hydrogen-bond acceptors (Lipinski definition) is 3. The van der Waals surface area contributed by atoms with Crippen LogP contribution in [0.25, 0.3) is 0 Å². The first-order valence-corrected chi connectivity index (χ1v) is 5.05. The number of carbonyl (C=O) groups is 1. The second kappa shape index (κ2) is 5.61. The number of alkyl halides is 3. The van der Waals surface area contributed by atoms with Crippen LogP contribution < -0.4 is 9.47 Å². The summed E-state index contributed by atoms with van der Waals surface area (Å²) in [4.78, 5) is 10.6. The van der Waals surface area contributed by atoms with Crippen LogP contribution in [-0.4, -0.2) is 24.0 Å². The molecule has 0 amide bonds. The molecule has 0 atom stereocenters. The molecule has 1 rings (SSSR count). The number of benzene rings is 1. The Balaban J connectivity index is 3.12. The highest BCUT2D eigenvalue weighted by molar-refractivity contribution is 5.72. The number of carboxylic acids is 1. The molecule has 1 N–H and O–H groups in total. The second-order valence-electron chi connectivity index (χ2n) is 3.30. The predicted octanol–water partition coefficient (Wildman–Crippen LogP) is 2.61. The maximum Gasteiger partial charge on any atom is 0.573 e. The molecule has 0 heterocycles. The van der Waals surface area contributed by atoms with Gasteiger partial charge >= 0.3 is 12.3 Å². The molecule has 0 unspecified atom stereocenters. The molecule has 7 heteroatoms. The zero-order chi connectivity index (χ0) is 13.8. The summed E-state index contributed by atoms with van der Waals surface area (Å²) >= 11 is 0. The highest BCUT2D eigenvalue weighted by Crippen LogP contribution is 2.35. The van der Waals surface area contributed by atoms with E-state index in [9.17, 15) is 18.0 Å². The van der Waals surface area contributed by atoms with Crippen LogP contribution >= 0.6 is 0 Å². The molecule has 0 aliphatic carbocycles. The number of aliphatic carboxylic acids is 1. The molecule has 0 saturated heterocycles. The van der Waals surface area contributed by atoms with Crippen molar-refractivity contribution in [2.24, 2.45) is 0 Å². The Kier molecular flexibility index (Phi) is 4.41. The van der Waals surface area contributed by atoms with Gasteiger partial charge in [-0.2, -0.15) is 0 Å². The minimum Gasteiger partial charge on any atom is -0.490 e. The van der Waals surface area contributed by atoms with Gasteiger partial charge in [0.1, 0.15) is 0 Å². The van der Waals surface area contributed by atoms with Crippen molar-refractivity contribution in [2.75, 3.05) is 6.61 Å². The molecule has 1 aromatic rings. The predicted molar refractivity (Wildman–Crippen MR) is 55.6 cm³/mol. The van der Waals surface area contributed by atoms with Crippen molar-refractivity contribution in [1.29, 1.82) is 0 Å². The van der Waals surface area contributed by atoms with Gasteiger partial charge < -0.3 is 14.6 Å². The summed E-state index contributed by atoms with van der Waals surface area (Å²) in [5.41, 5.74) is 0.131. The van der Waals surface area contributed by atoms with E-state index < -0.39 is 24.5 Å². The number of halogens is 3. The maximum absolute atomic E-state index is 12.2. The largest absolute Gasteiger partial charge is 0.573 e. The van der Waals surface area contributed by atoms with Gasteiger partial charge in [0.25, 0.3) is 0 Å². The molecule has 4 nitrogen and oxygen atoms in total. The van der Waals surface area contributed by atoms with E-state index in [1.165, 1.54) is 12.1 Å². The van der Waals surface area contributed by atoms with Crippen molar-refractivity contribution in [3.05, 3.63) is 23.8 Å². The third kappa shape index (κ3) is 4.15. The fourth-order valence-electron chi connectivity index (χ4n) is 1.38. The average Bonchev–Trinajstić information content (AvgIpc) is 2.20. The smallest absolute Gasteiger partial charge is 0.490 e. The number of para-hydroxylation sites is 1. The average molecular weight is 264 g/mol. The normalized spacial score (nSPS) is 11.1. The lowest BCUT2D eigenvalue weighted by Crippen LogP contribution is -2.18. The fraction of sp³-hybridized carbons (Fsp3) is 0.364. The van der Waals surface area contributed by atoms with E-state index in [0.29, 0.717) is 0 Å². The Morgan fingerprint density at radius 1 is 1.39 bits per heavy atom. The second-order valence-corrected chi connectivity index (χ2v) is 3.30. The third-order valence-corrected chi connectivity index (χ3v) is 1.92. The lowest BCUT2D eigenvalue weighted by molar-refractivity contribution is -0.275. The summed E-state index contributed by atoms with van der Waals surface area (Å²) in [6, 6.07) is 3.73. The zero-order valence-electron chi connectivity index (χ0n) is 9.45. The van der Waals surface area contributed by atoms with E-state index in [2.05, 4.69) is 4.74 Å². The van der Waals surface area contributed by atoms with Gasteiger partial charge in [-0.3, -0.25) is 4.79 Å². The van der Waals surface area contributed by atoms with Crippen LogP contribution in [0, 0.1) is 0 Å². The maximum atomic E-state index is 12.2. The van der Waals surface area contributed by atoms with Crippen molar-refractivity contribution in [2.45, 2.75) is 19.7 Å². The summed E-state index contributed by atoms with van der Waals surface area (Å²) in [5, 5.41) is 8.66. The number of ether oxygens (including phenoxy) is 2. The summed E-state index contributed by atoms with van der Waals surface area (Å²) in [6.45, 7) is 1.68. The van der Waals surface area contributed by atoms with E-state index in [4.69, 9.17) is 9.84 Å². The van der Waals surface area contributed by atoms with Gasteiger partial charge in [0, 0.05) is 5.56 Å². The molecule has 0 aliphatic rings. The molecule has 0 aromatic heterocycles. The summed E-state index contributed by atoms with van der Waals surface area (Å²) in [7, 11) is 0. The van der Waals surface area contributed by atoms with Crippen LogP contribution in [0.3, 0.4) is 0 Å². The van der Waals surface area contributed by atoms with Gasteiger partial charge in [-0.1, -0.05) is 12.1 Å². The standard InChI is InChI=1S/C11H11F3O4/c1-2-17-10-7(6-9(15)16)4-3-5-8(10)18-11(12,13)14/h3-5H,2,6H2,1H3,(H,15,16). The van der Waals surface area contributed by atoms with Crippen molar-refractivity contribution in [3.63, 3.8) is 0 Å². The molecular formula is C11H11F3O4. The van der Waals surface area contributed by atoms with Gasteiger partial charge in [0.2, 0.25) is 0 Å². The van der Waals surface area contributed by atoms with Crippen LogP contribution in [0.5, 0.6) is 11.5 Å².